The third-order valence-electron chi connectivity index (χ3n) is 7.73. The predicted octanol–water partition coefficient (Wildman–Crippen LogP) is 9.12. The molecule has 4 heterocycles. The summed E-state index contributed by atoms with van der Waals surface area (Å²) in [5, 5.41) is 4.84. The largest absolute Gasteiger partial charge is 0.308 e. The van der Waals surface area contributed by atoms with Gasteiger partial charge >= 0.3 is 0 Å². The molecule has 4 heteroatoms. The first-order valence-electron chi connectivity index (χ1n) is 13.7. The van der Waals surface area contributed by atoms with Crippen molar-refractivity contribution in [3.8, 4) is 39.5 Å². The third kappa shape index (κ3) is 4.05. The van der Waals surface area contributed by atoms with Crippen LogP contribution in [-0.4, -0.2) is 19.5 Å². The smallest absolute Gasteiger partial charge is 0.0899 e. The molecule has 0 saturated heterocycles. The minimum absolute atomic E-state index is 0.851. The fourth-order valence-corrected chi connectivity index (χ4v) is 5.74. The van der Waals surface area contributed by atoms with E-state index in [9.17, 15) is 0 Å². The number of hydrogen-bond acceptors (Lipinski definition) is 3. The summed E-state index contributed by atoms with van der Waals surface area (Å²) < 4.78 is 2.29. The molecule has 0 bridgehead atoms. The molecule has 0 atom stereocenters. The van der Waals surface area contributed by atoms with Gasteiger partial charge in [-0.2, -0.15) is 0 Å². The molecule has 8 rings (SSSR count). The van der Waals surface area contributed by atoms with Crippen LogP contribution in [0.2, 0.25) is 0 Å². The minimum Gasteiger partial charge on any atom is -0.308 e. The highest BCUT2D eigenvalue weighted by Crippen LogP contribution is 2.34. The third-order valence-corrected chi connectivity index (χ3v) is 7.73. The second-order valence-electron chi connectivity index (χ2n) is 10.2. The highest BCUT2D eigenvalue weighted by molar-refractivity contribution is 6.08. The van der Waals surface area contributed by atoms with Gasteiger partial charge in [-0.25, -0.2) is 4.98 Å². The Hall–Kier alpha value is -5.61. The molecule has 4 nitrogen and oxygen atoms in total. The van der Waals surface area contributed by atoms with Crippen LogP contribution in [0, 0.1) is 0 Å². The second-order valence-corrected chi connectivity index (χ2v) is 10.2. The van der Waals surface area contributed by atoms with Crippen molar-refractivity contribution in [2.24, 2.45) is 0 Å². The summed E-state index contributed by atoms with van der Waals surface area (Å²) in [7, 11) is 0. The predicted molar refractivity (Wildman–Crippen MR) is 168 cm³/mol. The Morgan fingerprint density at radius 1 is 0.463 bits per heavy atom. The van der Waals surface area contributed by atoms with Crippen LogP contribution in [0.4, 0.5) is 0 Å². The van der Waals surface area contributed by atoms with E-state index in [2.05, 4.69) is 124 Å². The molecule has 4 aromatic heterocycles. The lowest BCUT2D eigenvalue weighted by Gasteiger charge is -2.12. The lowest BCUT2D eigenvalue weighted by atomic mass is 9.99. The van der Waals surface area contributed by atoms with E-state index in [1.807, 2.05) is 36.8 Å². The van der Waals surface area contributed by atoms with Gasteiger partial charge in [-0.15, -0.1) is 0 Å². The van der Waals surface area contributed by atoms with Crippen LogP contribution >= 0.6 is 0 Å². The van der Waals surface area contributed by atoms with Gasteiger partial charge in [-0.05, 0) is 76.5 Å². The Labute approximate surface area is 237 Å². The summed E-state index contributed by atoms with van der Waals surface area (Å²) in [6.07, 6.45) is 5.62. The van der Waals surface area contributed by atoms with Crippen molar-refractivity contribution in [1.82, 2.24) is 19.5 Å². The van der Waals surface area contributed by atoms with Crippen LogP contribution in [0.1, 0.15) is 0 Å². The van der Waals surface area contributed by atoms with Crippen molar-refractivity contribution < 1.29 is 0 Å². The SMILES string of the molecule is c1ccc(-c2cc(-c3ccc(-n4c5ccccc5c5ccncc54)cc3)cc(-c3ccc4ccccc4c3)n2)nc1. The van der Waals surface area contributed by atoms with E-state index >= 15 is 0 Å². The molecule has 0 aliphatic carbocycles. The molecule has 0 saturated carbocycles. The topological polar surface area (TPSA) is 43.6 Å². The van der Waals surface area contributed by atoms with Crippen LogP contribution < -0.4 is 0 Å². The van der Waals surface area contributed by atoms with Gasteiger partial charge in [0.2, 0.25) is 0 Å². The number of pyridine rings is 3. The number of fused-ring (bicyclic) bond motifs is 4. The lowest BCUT2D eigenvalue weighted by Crippen LogP contribution is -1.95. The van der Waals surface area contributed by atoms with E-state index < -0.39 is 0 Å². The summed E-state index contributed by atoms with van der Waals surface area (Å²) in [5.74, 6) is 0. The number of benzene rings is 4. The summed E-state index contributed by atoms with van der Waals surface area (Å²) in [6, 6.07) is 44.5. The zero-order chi connectivity index (χ0) is 27.2. The van der Waals surface area contributed by atoms with E-state index in [0.29, 0.717) is 0 Å². The fraction of sp³-hybridized carbons (Fsp3) is 0. The van der Waals surface area contributed by atoms with Gasteiger partial charge in [-0.1, -0.05) is 72.8 Å². The molecule has 41 heavy (non-hydrogen) atoms. The number of rotatable bonds is 4. The fourth-order valence-electron chi connectivity index (χ4n) is 5.74. The molecule has 0 aliphatic rings. The van der Waals surface area contributed by atoms with Crippen molar-refractivity contribution in [3.05, 3.63) is 146 Å². The Morgan fingerprint density at radius 2 is 1.22 bits per heavy atom. The Balaban J connectivity index is 1.27. The quantitative estimate of drug-likeness (QED) is 0.231. The lowest BCUT2D eigenvalue weighted by molar-refractivity contribution is 1.17. The van der Waals surface area contributed by atoms with Gasteiger partial charge in [0.15, 0.2) is 0 Å². The van der Waals surface area contributed by atoms with Gasteiger partial charge in [0.05, 0.1) is 34.3 Å². The van der Waals surface area contributed by atoms with E-state index in [4.69, 9.17) is 4.98 Å². The van der Waals surface area contributed by atoms with E-state index in [0.717, 1.165) is 45.0 Å². The highest BCUT2D eigenvalue weighted by atomic mass is 15.0. The highest BCUT2D eigenvalue weighted by Gasteiger charge is 2.13. The van der Waals surface area contributed by atoms with Crippen molar-refractivity contribution in [3.63, 3.8) is 0 Å². The molecule has 0 fully saturated rings. The molecule has 0 unspecified atom stereocenters. The number of aromatic nitrogens is 4. The molecule has 0 spiro atoms. The second kappa shape index (κ2) is 9.54. The zero-order valence-electron chi connectivity index (χ0n) is 22.1. The Kier molecular flexibility index (Phi) is 5.42. The van der Waals surface area contributed by atoms with Crippen LogP contribution in [0.25, 0.3) is 72.0 Å². The first kappa shape index (κ1) is 23.3. The molecular weight excluding hydrogens is 500 g/mol. The number of para-hydroxylation sites is 1. The number of hydrogen-bond donors (Lipinski definition) is 0. The molecule has 192 valence electrons. The maximum atomic E-state index is 5.06. The van der Waals surface area contributed by atoms with E-state index in [1.54, 1.807) is 0 Å². The van der Waals surface area contributed by atoms with Crippen molar-refractivity contribution in [2.75, 3.05) is 0 Å². The maximum Gasteiger partial charge on any atom is 0.0899 e. The van der Waals surface area contributed by atoms with Gasteiger partial charge in [-0.3, -0.25) is 9.97 Å². The zero-order valence-corrected chi connectivity index (χ0v) is 22.1. The molecule has 0 amide bonds. The monoisotopic (exact) mass is 524 g/mol. The standard InChI is InChI=1S/C37H24N4/c1-2-8-27-21-28(13-12-25(27)7-1)34-22-29(23-35(40-34)33-10-5-6-19-39-33)26-14-16-30(17-15-26)41-36-11-4-3-9-31(36)32-18-20-38-24-37(32)41/h1-24H. The van der Waals surface area contributed by atoms with Crippen molar-refractivity contribution in [2.45, 2.75) is 0 Å². The molecule has 0 radical (unpaired) electrons. The summed E-state index contributed by atoms with van der Waals surface area (Å²) in [6.45, 7) is 0. The maximum absolute atomic E-state index is 5.06. The molecule has 8 aromatic rings. The van der Waals surface area contributed by atoms with Gasteiger partial charge < -0.3 is 4.57 Å². The van der Waals surface area contributed by atoms with Crippen molar-refractivity contribution >= 4 is 32.6 Å². The van der Waals surface area contributed by atoms with Gasteiger partial charge in [0.1, 0.15) is 0 Å². The van der Waals surface area contributed by atoms with Crippen LogP contribution in [0.15, 0.2) is 146 Å². The minimum atomic E-state index is 0.851. The molecule has 0 N–H and O–H groups in total. The molecule has 4 aromatic carbocycles. The van der Waals surface area contributed by atoms with Crippen LogP contribution in [0.3, 0.4) is 0 Å². The summed E-state index contributed by atoms with van der Waals surface area (Å²) >= 11 is 0. The van der Waals surface area contributed by atoms with Crippen molar-refractivity contribution in [1.29, 1.82) is 0 Å². The summed E-state index contributed by atoms with van der Waals surface area (Å²) in [5.41, 5.74) is 9.29. The van der Waals surface area contributed by atoms with E-state index in [-0.39, 0.29) is 0 Å². The van der Waals surface area contributed by atoms with Crippen LogP contribution in [-0.2, 0) is 0 Å². The summed E-state index contributed by atoms with van der Waals surface area (Å²) in [4.78, 5) is 14.1. The normalized spacial score (nSPS) is 11.4. The van der Waals surface area contributed by atoms with Crippen LogP contribution in [0.5, 0.6) is 0 Å². The molecular formula is C37H24N4. The van der Waals surface area contributed by atoms with Gasteiger partial charge in [0.25, 0.3) is 0 Å². The van der Waals surface area contributed by atoms with E-state index in [1.165, 1.54) is 27.1 Å². The Morgan fingerprint density at radius 3 is 2.10 bits per heavy atom. The van der Waals surface area contributed by atoms with Gasteiger partial charge in [0, 0.05) is 34.4 Å². The average Bonchev–Trinajstić information content (AvgIpc) is 3.39. The number of nitrogens with zero attached hydrogens (tertiary/aromatic N) is 4. The first-order valence-corrected chi connectivity index (χ1v) is 13.7. The first-order chi connectivity index (χ1) is 20.3. The average molecular weight is 525 g/mol. The molecule has 0 aliphatic heterocycles. The Bertz CT molecular complexity index is 2140.